The molecule has 0 amide bonds. The highest BCUT2D eigenvalue weighted by Crippen LogP contribution is 2.28. The summed E-state index contributed by atoms with van der Waals surface area (Å²) in [5.41, 5.74) is 0.230. The molecule has 0 heterocycles. The van der Waals surface area contributed by atoms with Crippen molar-refractivity contribution in [3.05, 3.63) is 0 Å². The van der Waals surface area contributed by atoms with Crippen LogP contribution in [0.15, 0.2) is 0 Å². The summed E-state index contributed by atoms with van der Waals surface area (Å²) in [5.74, 6) is 0.394. The van der Waals surface area contributed by atoms with Crippen LogP contribution < -0.4 is 0 Å². The Morgan fingerprint density at radius 2 is 1.56 bits per heavy atom. The third kappa shape index (κ3) is 8.90. The summed E-state index contributed by atoms with van der Waals surface area (Å²) < 4.78 is 0. The summed E-state index contributed by atoms with van der Waals surface area (Å²) >= 11 is 0. The fourth-order valence-electron chi connectivity index (χ4n) is 2.05. The molecular weight excluding hydrogens is 200 g/mol. The topological polar surface area (TPSA) is 37.3 Å². The molecule has 16 heavy (non-hydrogen) atoms. The van der Waals surface area contributed by atoms with Crippen LogP contribution in [0.3, 0.4) is 0 Å². The molecule has 0 aromatic carbocycles. The van der Waals surface area contributed by atoms with Crippen molar-refractivity contribution in [2.45, 2.75) is 60.8 Å². The maximum Gasteiger partial charge on any atom is 0.133 e. The highest BCUT2D eigenvalue weighted by atomic mass is 16.3. The van der Waals surface area contributed by atoms with Gasteiger partial charge in [-0.1, -0.05) is 41.5 Å². The first-order valence-electron chi connectivity index (χ1n) is 6.16. The Morgan fingerprint density at radius 1 is 1.06 bits per heavy atom. The summed E-state index contributed by atoms with van der Waals surface area (Å²) in [4.78, 5) is 11.8. The molecule has 0 bridgehead atoms. The first-order valence-corrected chi connectivity index (χ1v) is 6.16. The number of aliphatic hydroxyl groups is 1. The van der Waals surface area contributed by atoms with Crippen molar-refractivity contribution >= 4 is 5.78 Å². The van der Waals surface area contributed by atoms with Crippen molar-refractivity contribution < 1.29 is 9.90 Å². The van der Waals surface area contributed by atoms with Gasteiger partial charge in [0.2, 0.25) is 0 Å². The van der Waals surface area contributed by atoms with Crippen molar-refractivity contribution in [1.82, 2.24) is 0 Å². The molecular formula is C14H28O2. The van der Waals surface area contributed by atoms with Crippen LogP contribution in [0.1, 0.15) is 60.8 Å². The monoisotopic (exact) mass is 228 g/mol. The number of Topliss-reactive ketones (excluding diaryl/α,β-unsaturated/α-hetero) is 1. The van der Waals surface area contributed by atoms with Crippen molar-refractivity contribution in [3.63, 3.8) is 0 Å². The molecule has 0 saturated heterocycles. The van der Waals surface area contributed by atoms with Gasteiger partial charge in [0.25, 0.3) is 0 Å². The van der Waals surface area contributed by atoms with Crippen LogP contribution in [0.4, 0.5) is 0 Å². The number of carbonyl (C=O) groups is 1. The average Bonchev–Trinajstić information content (AvgIpc) is 1.96. The lowest BCUT2D eigenvalue weighted by Crippen LogP contribution is -2.21. The molecule has 0 radical (unpaired) electrons. The molecule has 0 aliphatic carbocycles. The van der Waals surface area contributed by atoms with E-state index >= 15 is 0 Å². The molecule has 96 valence electrons. The third-order valence-electron chi connectivity index (χ3n) is 2.40. The van der Waals surface area contributed by atoms with Crippen LogP contribution in [0, 0.1) is 16.7 Å². The first-order chi connectivity index (χ1) is 7.03. The molecule has 1 atom stereocenters. The van der Waals surface area contributed by atoms with Gasteiger partial charge < -0.3 is 5.11 Å². The van der Waals surface area contributed by atoms with E-state index < -0.39 is 0 Å². The van der Waals surface area contributed by atoms with E-state index in [1.807, 2.05) is 0 Å². The quantitative estimate of drug-likeness (QED) is 0.782. The van der Waals surface area contributed by atoms with E-state index in [4.69, 9.17) is 0 Å². The lowest BCUT2D eigenvalue weighted by Gasteiger charge is -2.25. The lowest BCUT2D eigenvalue weighted by molar-refractivity contribution is -0.122. The van der Waals surface area contributed by atoms with Gasteiger partial charge in [0.05, 0.1) is 0 Å². The second kappa shape index (κ2) is 5.81. The van der Waals surface area contributed by atoms with E-state index in [1.54, 1.807) is 0 Å². The predicted molar refractivity (Wildman–Crippen MR) is 68.3 cm³/mol. The second-order valence-corrected chi connectivity index (χ2v) is 7.29. The maximum atomic E-state index is 11.8. The van der Waals surface area contributed by atoms with Crippen molar-refractivity contribution in [1.29, 1.82) is 0 Å². The molecule has 0 aliphatic rings. The highest BCUT2D eigenvalue weighted by molar-refractivity contribution is 5.79. The Hall–Kier alpha value is -0.370. The molecule has 1 unspecified atom stereocenters. The summed E-state index contributed by atoms with van der Waals surface area (Å²) in [7, 11) is 0. The minimum absolute atomic E-state index is 0.0544. The van der Waals surface area contributed by atoms with Crippen LogP contribution in [-0.4, -0.2) is 17.5 Å². The molecule has 0 spiro atoms. The Balaban J connectivity index is 4.18. The van der Waals surface area contributed by atoms with E-state index in [-0.39, 0.29) is 29.1 Å². The Morgan fingerprint density at radius 3 is 1.88 bits per heavy atom. The Bertz CT molecular complexity index is 218. The summed E-state index contributed by atoms with van der Waals surface area (Å²) in [6.07, 6.45) is 2.03. The average molecular weight is 228 g/mol. The highest BCUT2D eigenvalue weighted by Gasteiger charge is 2.23. The summed E-state index contributed by atoms with van der Waals surface area (Å²) in [6, 6.07) is 0. The normalized spacial score (nSPS) is 14.9. The van der Waals surface area contributed by atoms with E-state index in [2.05, 4.69) is 41.5 Å². The minimum Gasteiger partial charge on any atom is -0.396 e. The van der Waals surface area contributed by atoms with E-state index in [0.29, 0.717) is 12.8 Å². The van der Waals surface area contributed by atoms with E-state index in [9.17, 15) is 9.90 Å². The van der Waals surface area contributed by atoms with Gasteiger partial charge in [-0.15, -0.1) is 0 Å². The Kier molecular flexibility index (Phi) is 5.67. The van der Waals surface area contributed by atoms with Gasteiger partial charge in [0.15, 0.2) is 0 Å². The van der Waals surface area contributed by atoms with Crippen LogP contribution in [0.2, 0.25) is 0 Å². The number of hydrogen-bond donors (Lipinski definition) is 1. The summed E-state index contributed by atoms with van der Waals surface area (Å²) in [5, 5.41) is 9.28. The SMILES string of the molecule is CC(C)(C)CC(=O)CC(CO)CC(C)(C)C. The van der Waals surface area contributed by atoms with Crippen molar-refractivity contribution in [2.75, 3.05) is 6.61 Å². The second-order valence-electron chi connectivity index (χ2n) is 7.29. The zero-order valence-corrected chi connectivity index (χ0v) is 11.8. The van der Waals surface area contributed by atoms with Crippen LogP contribution in [-0.2, 0) is 4.79 Å². The van der Waals surface area contributed by atoms with Gasteiger partial charge in [-0.3, -0.25) is 4.79 Å². The van der Waals surface area contributed by atoms with E-state index in [0.717, 1.165) is 6.42 Å². The van der Waals surface area contributed by atoms with Crippen molar-refractivity contribution in [2.24, 2.45) is 16.7 Å². The van der Waals surface area contributed by atoms with Gasteiger partial charge in [-0.25, -0.2) is 0 Å². The standard InChI is InChI=1S/C14H28O2/c1-13(2,3)8-11(10-15)7-12(16)9-14(4,5)6/h11,15H,7-10H2,1-6H3. The fourth-order valence-corrected chi connectivity index (χ4v) is 2.05. The number of ketones is 1. The smallest absolute Gasteiger partial charge is 0.133 e. The predicted octanol–water partition coefficient (Wildman–Crippen LogP) is 3.43. The molecule has 2 nitrogen and oxygen atoms in total. The molecule has 0 fully saturated rings. The van der Waals surface area contributed by atoms with Gasteiger partial charge in [0, 0.05) is 19.4 Å². The molecule has 1 N–H and O–H groups in total. The van der Waals surface area contributed by atoms with Crippen LogP contribution >= 0.6 is 0 Å². The van der Waals surface area contributed by atoms with Gasteiger partial charge in [-0.05, 0) is 23.2 Å². The fraction of sp³-hybridized carbons (Fsp3) is 0.929. The largest absolute Gasteiger partial charge is 0.396 e. The third-order valence-corrected chi connectivity index (χ3v) is 2.40. The zero-order chi connectivity index (χ0) is 13.0. The van der Waals surface area contributed by atoms with Crippen LogP contribution in [0.5, 0.6) is 0 Å². The molecule has 0 aromatic rings. The lowest BCUT2D eigenvalue weighted by atomic mass is 9.81. The zero-order valence-electron chi connectivity index (χ0n) is 11.8. The maximum absolute atomic E-state index is 11.8. The molecule has 0 aliphatic heterocycles. The molecule has 0 aromatic heterocycles. The van der Waals surface area contributed by atoms with Gasteiger partial charge in [0.1, 0.15) is 5.78 Å². The molecule has 2 heteroatoms. The number of carbonyl (C=O) groups excluding carboxylic acids is 1. The molecule has 0 rings (SSSR count). The van der Waals surface area contributed by atoms with E-state index in [1.165, 1.54) is 0 Å². The number of hydrogen-bond acceptors (Lipinski definition) is 2. The van der Waals surface area contributed by atoms with Gasteiger partial charge >= 0.3 is 0 Å². The molecule has 0 saturated carbocycles. The van der Waals surface area contributed by atoms with Gasteiger partial charge in [-0.2, -0.15) is 0 Å². The minimum atomic E-state index is 0.0544. The van der Waals surface area contributed by atoms with Crippen molar-refractivity contribution in [3.8, 4) is 0 Å². The first kappa shape index (κ1) is 15.6. The Labute approximate surface area is 100 Å². The number of rotatable bonds is 5. The number of aliphatic hydroxyl groups excluding tert-OH is 1. The summed E-state index contributed by atoms with van der Waals surface area (Å²) in [6.45, 7) is 12.8. The van der Waals surface area contributed by atoms with Crippen LogP contribution in [0.25, 0.3) is 0 Å².